The Kier molecular flexibility index (Phi) is 12.5. The summed E-state index contributed by atoms with van der Waals surface area (Å²) in [4.78, 5) is 0. The summed E-state index contributed by atoms with van der Waals surface area (Å²) in [7, 11) is 0. The zero-order valence-electron chi connectivity index (χ0n) is 19.8. The van der Waals surface area contributed by atoms with Gasteiger partial charge in [0.15, 0.2) is 0 Å². The van der Waals surface area contributed by atoms with Gasteiger partial charge in [0.05, 0.1) is 0 Å². The van der Waals surface area contributed by atoms with Crippen LogP contribution in [0.3, 0.4) is 0 Å². The van der Waals surface area contributed by atoms with E-state index in [1.165, 1.54) is 110 Å². The molecular weight excluding hydrogens is 668 g/mol. The van der Waals surface area contributed by atoms with Crippen LogP contribution >= 0.6 is 63.7 Å². The lowest BCUT2D eigenvalue weighted by Crippen LogP contribution is -2.25. The molecule has 1 aliphatic carbocycles. The molecule has 0 aromatic heterocycles. The number of hydrogen-bond donors (Lipinski definition) is 0. The maximum Gasteiger partial charge on any atom is 0.0216 e. The Labute approximate surface area is 235 Å². The van der Waals surface area contributed by atoms with Crippen LogP contribution < -0.4 is 0 Å². The van der Waals surface area contributed by atoms with Crippen LogP contribution in [-0.2, 0) is 5.41 Å². The van der Waals surface area contributed by atoms with E-state index >= 15 is 0 Å². The first-order valence-electron chi connectivity index (χ1n) is 12.8. The highest BCUT2D eigenvalue weighted by Gasteiger charge is 2.42. The van der Waals surface area contributed by atoms with Gasteiger partial charge in [0.1, 0.15) is 0 Å². The second-order valence-corrected chi connectivity index (χ2v) is 13.0. The van der Waals surface area contributed by atoms with Gasteiger partial charge in [-0.3, -0.25) is 0 Å². The Hall–Kier alpha value is 0.360. The summed E-state index contributed by atoms with van der Waals surface area (Å²) in [5, 5.41) is 2.28. The fourth-order valence-corrected chi connectivity index (χ4v) is 7.08. The summed E-state index contributed by atoms with van der Waals surface area (Å²) in [6.07, 6.45) is 18.7. The van der Waals surface area contributed by atoms with Gasteiger partial charge >= 0.3 is 0 Å². The van der Waals surface area contributed by atoms with E-state index in [2.05, 4.69) is 100 Å². The largest absolute Gasteiger partial charge is 0.0928 e. The van der Waals surface area contributed by atoms with Gasteiger partial charge in [-0.15, -0.1) is 0 Å². The molecule has 0 N–H and O–H groups in total. The summed E-state index contributed by atoms with van der Waals surface area (Å²) in [6, 6.07) is 14.0. The molecule has 0 spiro atoms. The molecule has 0 bridgehead atoms. The van der Waals surface area contributed by atoms with E-state index in [0.29, 0.717) is 0 Å². The number of halogens is 4. The number of rotatable bonds is 16. The maximum atomic E-state index is 3.79. The zero-order valence-corrected chi connectivity index (χ0v) is 26.1. The Morgan fingerprint density at radius 1 is 0.485 bits per heavy atom. The molecule has 0 radical (unpaired) electrons. The lowest BCUT2D eigenvalue weighted by atomic mass is 9.70. The molecule has 182 valence electrons. The number of fused-ring (bicyclic) bond motifs is 3. The Morgan fingerprint density at radius 3 is 1.24 bits per heavy atom. The van der Waals surface area contributed by atoms with Crippen LogP contribution in [0.25, 0.3) is 11.1 Å². The van der Waals surface area contributed by atoms with E-state index in [-0.39, 0.29) is 5.41 Å². The highest BCUT2D eigenvalue weighted by Crippen LogP contribution is 2.55. The first kappa shape index (κ1) is 27.9. The van der Waals surface area contributed by atoms with Crippen LogP contribution in [0.15, 0.2) is 45.3 Å². The van der Waals surface area contributed by atoms with Crippen molar-refractivity contribution in [3.8, 4) is 11.1 Å². The molecule has 3 rings (SSSR count). The molecule has 0 aliphatic heterocycles. The van der Waals surface area contributed by atoms with Gasteiger partial charge in [0.25, 0.3) is 0 Å². The van der Waals surface area contributed by atoms with Crippen LogP contribution in [0.1, 0.15) is 101 Å². The summed E-state index contributed by atoms with van der Waals surface area (Å²) in [6.45, 7) is 0. The molecule has 0 saturated carbocycles. The molecule has 4 heteroatoms. The lowest BCUT2D eigenvalue weighted by Gasteiger charge is -2.33. The summed E-state index contributed by atoms with van der Waals surface area (Å²) in [5.41, 5.74) is 6.18. The van der Waals surface area contributed by atoms with Crippen molar-refractivity contribution in [2.45, 2.75) is 95.3 Å². The SMILES string of the molecule is BrCCCCCCCCC1(CCCCCCCCBr)c2cc(Br)ccc2-c2ccc(Br)cc21. The molecule has 0 nitrogen and oxygen atoms in total. The predicted octanol–water partition coefficient (Wildman–Crippen LogP) is 11.7. The average Bonchev–Trinajstić information content (AvgIpc) is 3.06. The van der Waals surface area contributed by atoms with Crippen molar-refractivity contribution in [1.29, 1.82) is 0 Å². The van der Waals surface area contributed by atoms with Gasteiger partial charge in [0, 0.05) is 25.0 Å². The minimum absolute atomic E-state index is 0.157. The van der Waals surface area contributed by atoms with E-state index in [9.17, 15) is 0 Å². The molecule has 1 aliphatic rings. The van der Waals surface area contributed by atoms with Gasteiger partial charge in [-0.2, -0.15) is 0 Å². The summed E-state index contributed by atoms with van der Waals surface area (Å²) in [5.74, 6) is 0. The molecule has 0 heterocycles. The van der Waals surface area contributed by atoms with E-state index in [1.807, 2.05) is 0 Å². The predicted molar refractivity (Wildman–Crippen MR) is 160 cm³/mol. The second-order valence-electron chi connectivity index (χ2n) is 9.58. The molecule has 2 aromatic rings. The third-order valence-electron chi connectivity index (χ3n) is 7.26. The van der Waals surface area contributed by atoms with Crippen LogP contribution in [0.4, 0.5) is 0 Å². The summed E-state index contributed by atoms with van der Waals surface area (Å²) < 4.78 is 2.42. The van der Waals surface area contributed by atoms with Gasteiger partial charge in [-0.05, 0) is 72.2 Å². The van der Waals surface area contributed by atoms with Crippen molar-refractivity contribution in [3.05, 3.63) is 56.5 Å². The van der Waals surface area contributed by atoms with Gasteiger partial charge in [0.2, 0.25) is 0 Å². The van der Waals surface area contributed by atoms with Crippen molar-refractivity contribution in [1.82, 2.24) is 0 Å². The van der Waals surface area contributed by atoms with Gasteiger partial charge < -0.3 is 0 Å². The number of hydrogen-bond acceptors (Lipinski definition) is 0. The highest BCUT2D eigenvalue weighted by atomic mass is 79.9. The van der Waals surface area contributed by atoms with Crippen molar-refractivity contribution in [2.24, 2.45) is 0 Å². The van der Waals surface area contributed by atoms with Gasteiger partial charge in [-0.1, -0.05) is 140 Å². The maximum absolute atomic E-state index is 3.79. The molecule has 0 fully saturated rings. The second kappa shape index (κ2) is 14.8. The molecule has 33 heavy (non-hydrogen) atoms. The van der Waals surface area contributed by atoms with Crippen molar-refractivity contribution in [3.63, 3.8) is 0 Å². The van der Waals surface area contributed by atoms with Gasteiger partial charge in [-0.25, -0.2) is 0 Å². The Bertz CT molecular complexity index is 789. The van der Waals surface area contributed by atoms with E-state index < -0.39 is 0 Å². The van der Waals surface area contributed by atoms with E-state index in [0.717, 1.165) is 10.7 Å². The topological polar surface area (TPSA) is 0 Å². The van der Waals surface area contributed by atoms with Crippen LogP contribution in [0.2, 0.25) is 0 Å². The fraction of sp³-hybridized carbons (Fsp3) is 0.586. The smallest absolute Gasteiger partial charge is 0.0216 e. The standard InChI is InChI=1S/C29H38Br4/c30-19-11-7-3-1-5-9-17-29(18-10-6-2-4-8-12-20-31)27-21-23(32)13-15-25(27)26-16-14-24(33)22-28(26)29/h13-16,21-22H,1-12,17-20H2. The number of unbranched alkanes of at least 4 members (excludes halogenated alkanes) is 10. The van der Waals surface area contributed by atoms with E-state index in [1.54, 1.807) is 11.1 Å². The highest BCUT2D eigenvalue weighted by molar-refractivity contribution is 9.11. The Morgan fingerprint density at radius 2 is 0.848 bits per heavy atom. The van der Waals surface area contributed by atoms with Crippen molar-refractivity contribution in [2.75, 3.05) is 10.7 Å². The molecular formula is C29H38Br4. The molecule has 0 amide bonds. The third kappa shape index (κ3) is 7.67. The van der Waals surface area contributed by atoms with E-state index in [4.69, 9.17) is 0 Å². The monoisotopic (exact) mass is 702 g/mol. The average molecular weight is 706 g/mol. The van der Waals surface area contributed by atoms with Crippen molar-refractivity contribution < 1.29 is 0 Å². The first-order valence-corrected chi connectivity index (χ1v) is 16.7. The third-order valence-corrected chi connectivity index (χ3v) is 9.37. The first-order chi connectivity index (χ1) is 16.1. The molecule has 0 atom stereocenters. The van der Waals surface area contributed by atoms with Crippen LogP contribution in [0.5, 0.6) is 0 Å². The summed E-state index contributed by atoms with van der Waals surface area (Å²) >= 11 is 14.7. The van der Waals surface area contributed by atoms with Crippen LogP contribution in [0, 0.1) is 0 Å². The Balaban J connectivity index is 1.77. The minimum Gasteiger partial charge on any atom is -0.0928 e. The fourth-order valence-electron chi connectivity index (χ4n) is 5.56. The van der Waals surface area contributed by atoms with Crippen molar-refractivity contribution >= 4 is 63.7 Å². The molecule has 0 unspecified atom stereocenters. The molecule has 0 saturated heterocycles. The molecule has 2 aromatic carbocycles. The normalized spacial score (nSPS) is 13.8. The quantitative estimate of drug-likeness (QED) is 0.120. The zero-order chi connectivity index (χ0) is 23.5. The number of alkyl halides is 2. The number of benzene rings is 2. The minimum atomic E-state index is 0.157. The lowest BCUT2D eigenvalue weighted by molar-refractivity contribution is 0.397. The van der Waals surface area contributed by atoms with Crippen LogP contribution in [-0.4, -0.2) is 10.7 Å².